The van der Waals surface area contributed by atoms with Crippen LogP contribution in [0.15, 0.2) is 18.2 Å². The molecule has 0 saturated carbocycles. The average molecular weight is 206 g/mol. The fraction of sp³-hybridized carbons (Fsp3) is 0.167. The number of hydrogen-bond donors (Lipinski definition) is 0. The molecule has 0 aromatic heterocycles. The van der Waals surface area contributed by atoms with Crippen molar-refractivity contribution in [3.05, 3.63) is 34.9 Å². The summed E-state index contributed by atoms with van der Waals surface area (Å²) < 4.78 is 0. The van der Waals surface area contributed by atoms with Crippen LogP contribution in [0.4, 0.5) is 0 Å². The van der Waals surface area contributed by atoms with Crippen LogP contribution in [0.2, 0.25) is 0 Å². The third-order valence-electron chi connectivity index (χ3n) is 2.29. The van der Waals surface area contributed by atoms with Crippen molar-refractivity contribution in [3.63, 3.8) is 0 Å². The molecule has 1 rings (SSSR count). The molecule has 74 valence electrons. The monoisotopic (exact) mass is 206 g/mol. The summed E-state index contributed by atoms with van der Waals surface area (Å²) in [5, 5.41) is 35.8. The van der Waals surface area contributed by atoms with Crippen LogP contribution in [0.1, 0.15) is 16.7 Å². The lowest BCUT2D eigenvalue weighted by atomic mass is 9.81. The maximum atomic E-state index is 8.97. The van der Waals surface area contributed by atoms with E-state index in [1.165, 1.54) is 6.07 Å². The van der Waals surface area contributed by atoms with Gasteiger partial charge < -0.3 is 0 Å². The lowest BCUT2D eigenvalue weighted by Crippen LogP contribution is -2.21. The highest BCUT2D eigenvalue weighted by atomic mass is 14.4. The van der Waals surface area contributed by atoms with Crippen LogP contribution in [0, 0.1) is 52.2 Å². The summed E-state index contributed by atoms with van der Waals surface area (Å²) in [4.78, 5) is 0. The second-order valence-electron chi connectivity index (χ2n) is 3.19. The minimum absolute atomic E-state index is 0.155. The molecule has 0 N–H and O–H groups in total. The van der Waals surface area contributed by atoms with Crippen LogP contribution >= 0.6 is 0 Å². The number of benzene rings is 1. The molecule has 0 aliphatic rings. The largest absolute Gasteiger partial charge is 0.254 e. The van der Waals surface area contributed by atoms with Gasteiger partial charge >= 0.3 is 0 Å². The number of nitriles is 4. The Morgan fingerprint density at radius 2 is 1.56 bits per heavy atom. The maximum absolute atomic E-state index is 8.97. The SMILES string of the molecule is Cc1cccc(C(C#N)(C#N)C#N)c1C#N. The Morgan fingerprint density at radius 3 is 2.00 bits per heavy atom. The Bertz CT molecular complexity index is 551. The molecule has 0 bridgehead atoms. The van der Waals surface area contributed by atoms with Gasteiger partial charge in [0.2, 0.25) is 0 Å². The Labute approximate surface area is 93.2 Å². The van der Waals surface area contributed by atoms with E-state index in [9.17, 15) is 0 Å². The molecule has 1 aromatic rings. The topological polar surface area (TPSA) is 95.2 Å². The first-order valence-corrected chi connectivity index (χ1v) is 4.39. The average Bonchev–Trinajstić information content (AvgIpc) is 2.32. The predicted octanol–water partition coefficient (Wildman–Crippen LogP) is 1.68. The highest BCUT2D eigenvalue weighted by Crippen LogP contribution is 2.27. The van der Waals surface area contributed by atoms with Gasteiger partial charge in [-0.3, -0.25) is 0 Å². The lowest BCUT2D eigenvalue weighted by Gasteiger charge is -2.12. The summed E-state index contributed by atoms with van der Waals surface area (Å²) in [6, 6.07) is 11.7. The fourth-order valence-corrected chi connectivity index (χ4v) is 1.38. The fourth-order valence-electron chi connectivity index (χ4n) is 1.38. The van der Waals surface area contributed by atoms with Crippen LogP contribution < -0.4 is 0 Å². The summed E-state index contributed by atoms with van der Waals surface area (Å²) >= 11 is 0. The van der Waals surface area contributed by atoms with Gasteiger partial charge in [0, 0.05) is 5.56 Å². The molecule has 0 radical (unpaired) electrons. The van der Waals surface area contributed by atoms with Crippen molar-refractivity contribution < 1.29 is 0 Å². The molecule has 1 aromatic carbocycles. The van der Waals surface area contributed by atoms with E-state index in [1.807, 2.05) is 6.07 Å². The molecular formula is C12H6N4. The lowest BCUT2D eigenvalue weighted by molar-refractivity contribution is 0.898. The van der Waals surface area contributed by atoms with Crippen LogP contribution in [-0.2, 0) is 5.41 Å². The van der Waals surface area contributed by atoms with Crippen molar-refractivity contribution in [2.75, 3.05) is 0 Å². The number of rotatable bonds is 1. The summed E-state index contributed by atoms with van der Waals surface area (Å²) in [6.07, 6.45) is 0. The molecule has 0 aliphatic carbocycles. The van der Waals surface area contributed by atoms with Crippen LogP contribution in [0.3, 0.4) is 0 Å². The molecule has 0 saturated heterocycles. The van der Waals surface area contributed by atoms with Gasteiger partial charge in [0.1, 0.15) is 18.2 Å². The van der Waals surface area contributed by atoms with Gasteiger partial charge in [-0.05, 0) is 12.5 Å². The zero-order valence-corrected chi connectivity index (χ0v) is 8.52. The highest BCUT2D eigenvalue weighted by Gasteiger charge is 2.35. The van der Waals surface area contributed by atoms with Crippen molar-refractivity contribution in [1.29, 1.82) is 21.0 Å². The first-order chi connectivity index (χ1) is 7.65. The number of aryl methyl sites for hydroxylation is 1. The molecule has 4 heteroatoms. The Hall–Kier alpha value is -2.82. The van der Waals surface area contributed by atoms with E-state index in [1.54, 1.807) is 37.3 Å². The second kappa shape index (κ2) is 4.14. The molecule has 0 unspecified atom stereocenters. The van der Waals surface area contributed by atoms with Crippen LogP contribution in [0.25, 0.3) is 0 Å². The maximum Gasteiger partial charge on any atom is 0.254 e. The zero-order valence-electron chi connectivity index (χ0n) is 8.52. The second-order valence-corrected chi connectivity index (χ2v) is 3.19. The summed E-state index contributed by atoms with van der Waals surface area (Å²) in [5.41, 5.74) is -0.892. The van der Waals surface area contributed by atoms with Gasteiger partial charge in [0.15, 0.2) is 0 Å². The van der Waals surface area contributed by atoms with E-state index in [4.69, 9.17) is 21.0 Å². The molecule has 0 heterocycles. The Balaban J connectivity index is 3.67. The first-order valence-electron chi connectivity index (χ1n) is 4.39. The molecule has 0 amide bonds. The van der Waals surface area contributed by atoms with Crippen molar-refractivity contribution >= 4 is 0 Å². The smallest absolute Gasteiger partial charge is 0.195 e. The zero-order chi connectivity index (χ0) is 12.2. The number of hydrogen-bond acceptors (Lipinski definition) is 4. The summed E-state index contributed by atoms with van der Waals surface area (Å²) in [7, 11) is 0. The van der Waals surface area contributed by atoms with E-state index in [2.05, 4.69) is 0 Å². The highest BCUT2D eigenvalue weighted by molar-refractivity contribution is 5.57. The van der Waals surface area contributed by atoms with Gasteiger partial charge in [0.25, 0.3) is 5.41 Å². The van der Waals surface area contributed by atoms with Gasteiger partial charge in [-0.1, -0.05) is 18.2 Å². The number of nitrogens with zero attached hydrogens (tertiary/aromatic N) is 4. The van der Waals surface area contributed by atoms with Gasteiger partial charge in [-0.2, -0.15) is 21.0 Å². The van der Waals surface area contributed by atoms with E-state index in [0.717, 1.165) is 0 Å². The van der Waals surface area contributed by atoms with Gasteiger partial charge in [0.05, 0.1) is 11.6 Å². The Kier molecular flexibility index (Phi) is 2.91. The third-order valence-corrected chi connectivity index (χ3v) is 2.29. The first kappa shape index (κ1) is 11.3. The molecule has 0 aliphatic heterocycles. The van der Waals surface area contributed by atoms with Crippen molar-refractivity contribution in [2.24, 2.45) is 0 Å². The van der Waals surface area contributed by atoms with E-state index >= 15 is 0 Å². The quantitative estimate of drug-likeness (QED) is 0.698. The van der Waals surface area contributed by atoms with Gasteiger partial charge in [-0.25, -0.2) is 0 Å². The molecular weight excluding hydrogens is 200 g/mol. The summed E-state index contributed by atoms with van der Waals surface area (Å²) in [6.45, 7) is 1.69. The molecule has 0 spiro atoms. The van der Waals surface area contributed by atoms with Gasteiger partial charge in [-0.15, -0.1) is 0 Å². The van der Waals surface area contributed by atoms with Crippen molar-refractivity contribution in [3.8, 4) is 24.3 Å². The standard InChI is InChI=1S/C12H6N4/c1-9-3-2-4-11(10(9)5-13)12(6-14,7-15)8-16/h2-4H,1H3. The van der Waals surface area contributed by atoms with E-state index in [0.29, 0.717) is 5.56 Å². The molecule has 4 nitrogen and oxygen atoms in total. The van der Waals surface area contributed by atoms with E-state index < -0.39 is 5.41 Å². The normalized spacial score (nSPS) is 9.31. The van der Waals surface area contributed by atoms with Crippen LogP contribution in [-0.4, -0.2) is 0 Å². The predicted molar refractivity (Wildman–Crippen MR) is 54.4 cm³/mol. The van der Waals surface area contributed by atoms with Crippen LogP contribution in [0.5, 0.6) is 0 Å². The minimum atomic E-state index is -1.91. The van der Waals surface area contributed by atoms with E-state index in [-0.39, 0.29) is 11.1 Å². The van der Waals surface area contributed by atoms with Crippen molar-refractivity contribution in [2.45, 2.75) is 12.3 Å². The Morgan fingerprint density at radius 1 is 1.00 bits per heavy atom. The van der Waals surface area contributed by atoms with Crippen molar-refractivity contribution in [1.82, 2.24) is 0 Å². The molecule has 0 fully saturated rings. The minimum Gasteiger partial charge on any atom is -0.195 e. The summed E-state index contributed by atoms with van der Waals surface area (Å²) in [5.74, 6) is 0. The third kappa shape index (κ3) is 1.46. The molecule has 0 atom stereocenters. The molecule has 16 heavy (non-hydrogen) atoms.